The first-order chi connectivity index (χ1) is 10.8. The SMILES string of the molecule is O=CN1CCN(C(=O)NCCc2c[nH]c3ccccc23)CC1. The average Bonchev–Trinajstić information content (AvgIpc) is 2.98. The predicted molar refractivity (Wildman–Crippen MR) is 84.6 cm³/mol. The van der Waals surface area contributed by atoms with E-state index in [0.717, 1.165) is 18.3 Å². The van der Waals surface area contributed by atoms with Gasteiger partial charge in [0.2, 0.25) is 6.41 Å². The maximum atomic E-state index is 12.1. The van der Waals surface area contributed by atoms with Gasteiger partial charge in [-0.15, -0.1) is 0 Å². The number of carbonyl (C=O) groups excluding carboxylic acids is 2. The second-order valence-electron chi connectivity index (χ2n) is 5.47. The lowest BCUT2D eigenvalue weighted by Gasteiger charge is -2.32. The molecule has 116 valence electrons. The molecule has 0 bridgehead atoms. The summed E-state index contributed by atoms with van der Waals surface area (Å²) in [5.41, 5.74) is 2.33. The van der Waals surface area contributed by atoms with Crippen LogP contribution in [0.1, 0.15) is 5.56 Å². The highest BCUT2D eigenvalue weighted by Gasteiger charge is 2.19. The highest BCUT2D eigenvalue weighted by Crippen LogP contribution is 2.17. The van der Waals surface area contributed by atoms with Crippen molar-refractivity contribution in [2.75, 3.05) is 32.7 Å². The largest absolute Gasteiger partial charge is 0.361 e. The number of fused-ring (bicyclic) bond motifs is 1. The van der Waals surface area contributed by atoms with Gasteiger partial charge < -0.3 is 20.1 Å². The van der Waals surface area contributed by atoms with Crippen molar-refractivity contribution in [3.05, 3.63) is 36.0 Å². The van der Waals surface area contributed by atoms with E-state index in [1.54, 1.807) is 9.80 Å². The Morgan fingerprint density at radius 2 is 2.00 bits per heavy atom. The second-order valence-corrected chi connectivity index (χ2v) is 5.47. The van der Waals surface area contributed by atoms with Gasteiger partial charge >= 0.3 is 6.03 Å². The molecule has 3 rings (SSSR count). The molecule has 2 heterocycles. The van der Waals surface area contributed by atoms with E-state index < -0.39 is 0 Å². The summed E-state index contributed by atoms with van der Waals surface area (Å²) in [7, 11) is 0. The molecule has 0 spiro atoms. The van der Waals surface area contributed by atoms with Crippen LogP contribution in [0.2, 0.25) is 0 Å². The number of nitrogens with one attached hydrogen (secondary N) is 2. The van der Waals surface area contributed by atoms with Gasteiger partial charge in [0.1, 0.15) is 0 Å². The van der Waals surface area contributed by atoms with Crippen LogP contribution < -0.4 is 5.32 Å². The molecule has 1 aliphatic heterocycles. The number of nitrogens with zero attached hydrogens (tertiary/aromatic N) is 2. The third-order valence-corrected chi connectivity index (χ3v) is 4.10. The average molecular weight is 300 g/mol. The van der Waals surface area contributed by atoms with E-state index in [-0.39, 0.29) is 6.03 Å². The standard InChI is InChI=1S/C16H20N4O2/c21-12-19-7-9-20(10-8-19)16(22)17-6-5-13-11-18-15-4-2-1-3-14(13)15/h1-4,11-12,18H,5-10H2,(H,17,22). The Balaban J connectivity index is 1.49. The van der Waals surface area contributed by atoms with E-state index in [1.165, 1.54) is 10.9 Å². The molecule has 2 N–H and O–H groups in total. The molecule has 0 aliphatic carbocycles. The lowest BCUT2D eigenvalue weighted by atomic mass is 10.1. The van der Waals surface area contributed by atoms with Crippen LogP contribution >= 0.6 is 0 Å². The molecule has 6 nitrogen and oxygen atoms in total. The van der Waals surface area contributed by atoms with E-state index in [4.69, 9.17) is 0 Å². The summed E-state index contributed by atoms with van der Waals surface area (Å²) < 4.78 is 0. The fraction of sp³-hybridized carbons (Fsp3) is 0.375. The molecule has 0 atom stereocenters. The quantitative estimate of drug-likeness (QED) is 0.833. The summed E-state index contributed by atoms with van der Waals surface area (Å²) >= 11 is 0. The van der Waals surface area contributed by atoms with Crippen molar-refractivity contribution in [2.24, 2.45) is 0 Å². The molecular weight excluding hydrogens is 280 g/mol. The maximum Gasteiger partial charge on any atom is 0.317 e. The van der Waals surface area contributed by atoms with Crippen molar-refractivity contribution < 1.29 is 9.59 Å². The van der Waals surface area contributed by atoms with Gasteiger partial charge in [-0.1, -0.05) is 18.2 Å². The topological polar surface area (TPSA) is 68.4 Å². The Kier molecular flexibility index (Phi) is 4.27. The van der Waals surface area contributed by atoms with E-state index in [1.807, 2.05) is 24.4 Å². The highest BCUT2D eigenvalue weighted by molar-refractivity contribution is 5.83. The fourth-order valence-electron chi connectivity index (χ4n) is 2.78. The molecule has 0 saturated carbocycles. The molecule has 0 unspecified atom stereocenters. The van der Waals surface area contributed by atoms with Crippen LogP contribution in [0.25, 0.3) is 10.9 Å². The van der Waals surface area contributed by atoms with Gasteiger partial charge in [-0.05, 0) is 18.1 Å². The Hall–Kier alpha value is -2.50. The molecule has 1 fully saturated rings. The normalized spacial score (nSPS) is 15.1. The minimum Gasteiger partial charge on any atom is -0.361 e. The zero-order chi connectivity index (χ0) is 15.4. The fourth-order valence-corrected chi connectivity index (χ4v) is 2.78. The number of aromatic nitrogens is 1. The van der Waals surface area contributed by atoms with Gasteiger partial charge in [-0.2, -0.15) is 0 Å². The highest BCUT2D eigenvalue weighted by atomic mass is 16.2. The van der Waals surface area contributed by atoms with Crippen molar-refractivity contribution in [3.8, 4) is 0 Å². The number of piperazine rings is 1. The van der Waals surface area contributed by atoms with Crippen LogP contribution in [-0.4, -0.2) is 59.9 Å². The number of amides is 3. The number of urea groups is 1. The number of para-hydroxylation sites is 1. The number of aromatic amines is 1. The zero-order valence-corrected chi connectivity index (χ0v) is 12.4. The van der Waals surface area contributed by atoms with Gasteiger partial charge in [0.15, 0.2) is 0 Å². The smallest absolute Gasteiger partial charge is 0.317 e. The van der Waals surface area contributed by atoms with Crippen LogP contribution in [0.3, 0.4) is 0 Å². The molecule has 1 aliphatic rings. The number of carbonyl (C=O) groups is 2. The Morgan fingerprint density at radius 3 is 2.77 bits per heavy atom. The van der Waals surface area contributed by atoms with Crippen LogP contribution in [0.5, 0.6) is 0 Å². The number of H-pyrrole nitrogens is 1. The summed E-state index contributed by atoms with van der Waals surface area (Å²) in [6, 6.07) is 8.10. The summed E-state index contributed by atoms with van der Waals surface area (Å²) in [4.78, 5) is 29.4. The number of hydrogen-bond donors (Lipinski definition) is 2. The summed E-state index contributed by atoms with van der Waals surface area (Å²) in [5.74, 6) is 0. The minimum atomic E-state index is -0.0506. The van der Waals surface area contributed by atoms with Gasteiger partial charge in [-0.3, -0.25) is 4.79 Å². The first-order valence-electron chi connectivity index (χ1n) is 7.55. The third-order valence-electron chi connectivity index (χ3n) is 4.10. The van der Waals surface area contributed by atoms with Gasteiger partial charge in [0.25, 0.3) is 0 Å². The van der Waals surface area contributed by atoms with Crippen molar-refractivity contribution in [1.82, 2.24) is 20.1 Å². The van der Waals surface area contributed by atoms with Crippen LogP contribution in [0.4, 0.5) is 4.79 Å². The first kappa shape index (κ1) is 14.4. The van der Waals surface area contributed by atoms with E-state index in [0.29, 0.717) is 32.7 Å². The number of rotatable bonds is 4. The molecule has 6 heteroatoms. The van der Waals surface area contributed by atoms with Crippen LogP contribution in [0, 0.1) is 0 Å². The van der Waals surface area contributed by atoms with Crippen molar-refractivity contribution >= 4 is 23.3 Å². The summed E-state index contributed by atoms with van der Waals surface area (Å²) in [6.45, 7) is 3.02. The monoisotopic (exact) mass is 300 g/mol. The number of hydrogen-bond acceptors (Lipinski definition) is 2. The Morgan fingerprint density at radius 1 is 1.23 bits per heavy atom. The van der Waals surface area contributed by atoms with Crippen molar-refractivity contribution in [1.29, 1.82) is 0 Å². The van der Waals surface area contributed by atoms with E-state index >= 15 is 0 Å². The zero-order valence-electron chi connectivity index (χ0n) is 12.4. The molecule has 0 radical (unpaired) electrons. The minimum absolute atomic E-state index is 0.0506. The van der Waals surface area contributed by atoms with Crippen LogP contribution in [-0.2, 0) is 11.2 Å². The predicted octanol–water partition coefficient (Wildman–Crippen LogP) is 1.19. The Labute approximate surface area is 129 Å². The lowest BCUT2D eigenvalue weighted by Crippen LogP contribution is -2.51. The Bertz CT molecular complexity index is 659. The molecular formula is C16H20N4O2. The molecule has 22 heavy (non-hydrogen) atoms. The summed E-state index contributed by atoms with van der Waals surface area (Å²) in [5, 5.41) is 4.16. The van der Waals surface area contributed by atoms with Gasteiger partial charge in [-0.25, -0.2) is 4.79 Å². The second kappa shape index (κ2) is 6.51. The van der Waals surface area contributed by atoms with Crippen molar-refractivity contribution in [2.45, 2.75) is 6.42 Å². The first-order valence-corrected chi connectivity index (χ1v) is 7.55. The van der Waals surface area contributed by atoms with Crippen LogP contribution in [0.15, 0.2) is 30.5 Å². The van der Waals surface area contributed by atoms with Gasteiger partial charge in [0, 0.05) is 49.8 Å². The van der Waals surface area contributed by atoms with Crippen molar-refractivity contribution in [3.63, 3.8) is 0 Å². The third kappa shape index (κ3) is 3.05. The van der Waals surface area contributed by atoms with E-state index in [2.05, 4.69) is 16.4 Å². The molecule has 1 saturated heterocycles. The maximum absolute atomic E-state index is 12.1. The molecule has 1 aromatic heterocycles. The summed E-state index contributed by atoms with van der Waals surface area (Å²) in [6.07, 6.45) is 3.63. The number of benzene rings is 1. The van der Waals surface area contributed by atoms with E-state index in [9.17, 15) is 9.59 Å². The molecule has 2 aromatic rings. The van der Waals surface area contributed by atoms with Gasteiger partial charge in [0.05, 0.1) is 0 Å². The molecule has 3 amide bonds. The molecule has 1 aromatic carbocycles. The lowest BCUT2D eigenvalue weighted by molar-refractivity contribution is -0.119.